The zero-order chi connectivity index (χ0) is 23.9. The van der Waals surface area contributed by atoms with Crippen molar-refractivity contribution in [1.82, 2.24) is 0 Å². The third kappa shape index (κ3) is 8.51. The highest BCUT2D eigenvalue weighted by Crippen LogP contribution is 2.48. The fourth-order valence-corrected chi connectivity index (χ4v) is 5.07. The van der Waals surface area contributed by atoms with Gasteiger partial charge in [-0.3, -0.25) is 4.79 Å². The largest absolute Gasteiger partial charge is 0.463 e. The molecule has 1 aliphatic rings. The van der Waals surface area contributed by atoms with Crippen molar-refractivity contribution in [3.63, 3.8) is 0 Å². The van der Waals surface area contributed by atoms with Crippen LogP contribution in [0.1, 0.15) is 72.3 Å². The molecule has 2 rings (SSSR count). The summed E-state index contributed by atoms with van der Waals surface area (Å²) in [6, 6.07) is 6.94. The first-order valence-electron chi connectivity index (χ1n) is 12.1. The number of rotatable bonds is 14. The van der Waals surface area contributed by atoms with Crippen LogP contribution in [0.3, 0.4) is 0 Å². The van der Waals surface area contributed by atoms with Gasteiger partial charge in [-0.1, -0.05) is 45.7 Å². The van der Waals surface area contributed by atoms with Gasteiger partial charge in [-0.2, -0.15) is 0 Å². The second-order valence-electron chi connectivity index (χ2n) is 9.97. The standard InChI is InChI=1S/C26H42O5S/c1-7-8-22(12-9-19(4)20(5)26(27)31-18(2)3)25-15-23(25)17-30-16-21-10-13-24(14-11-21)32(6,28)29/h10-11,13-14,18-20,22-23,25H,7-9,12,15-17H2,1-6H3. The Hall–Kier alpha value is -1.40. The highest BCUT2D eigenvalue weighted by atomic mass is 32.2. The van der Waals surface area contributed by atoms with E-state index in [0.29, 0.717) is 35.2 Å². The number of carbonyl (C=O) groups is 1. The molecular formula is C26H42O5S. The van der Waals surface area contributed by atoms with E-state index in [2.05, 4.69) is 13.8 Å². The minimum atomic E-state index is -3.16. The van der Waals surface area contributed by atoms with Gasteiger partial charge >= 0.3 is 5.97 Å². The van der Waals surface area contributed by atoms with Gasteiger partial charge in [0.05, 0.1) is 30.1 Å². The molecular weight excluding hydrogens is 424 g/mol. The maximum Gasteiger partial charge on any atom is 0.309 e. The van der Waals surface area contributed by atoms with E-state index in [1.165, 1.54) is 25.5 Å². The zero-order valence-electron chi connectivity index (χ0n) is 20.7. The summed E-state index contributed by atoms with van der Waals surface area (Å²) in [5.41, 5.74) is 0.996. The molecule has 5 nitrogen and oxygen atoms in total. The van der Waals surface area contributed by atoms with E-state index in [-0.39, 0.29) is 18.0 Å². The van der Waals surface area contributed by atoms with Gasteiger partial charge in [0.25, 0.3) is 0 Å². The van der Waals surface area contributed by atoms with Crippen molar-refractivity contribution < 1.29 is 22.7 Å². The first kappa shape index (κ1) is 26.8. The molecule has 0 aliphatic heterocycles. The first-order chi connectivity index (χ1) is 15.0. The summed E-state index contributed by atoms with van der Waals surface area (Å²) in [4.78, 5) is 12.5. The summed E-state index contributed by atoms with van der Waals surface area (Å²) < 4.78 is 34.5. The molecule has 1 saturated carbocycles. The van der Waals surface area contributed by atoms with Crippen LogP contribution in [-0.2, 0) is 30.7 Å². The molecule has 0 radical (unpaired) electrons. The Kier molecular flexibility index (Phi) is 10.2. The molecule has 1 aromatic carbocycles. The molecule has 1 fully saturated rings. The number of sulfone groups is 1. The highest BCUT2D eigenvalue weighted by molar-refractivity contribution is 7.90. The van der Waals surface area contributed by atoms with Crippen molar-refractivity contribution in [3.8, 4) is 0 Å². The van der Waals surface area contributed by atoms with Crippen molar-refractivity contribution in [2.45, 2.75) is 84.3 Å². The lowest BCUT2D eigenvalue weighted by Gasteiger charge is -2.23. The quantitative estimate of drug-likeness (QED) is 0.331. The second kappa shape index (κ2) is 12.2. The summed E-state index contributed by atoms with van der Waals surface area (Å²) in [6.07, 6.45) is 6.99. The fraction of sp³-hybridized carbons (Fsp3) is 0.731. The number of ether oxygens (including phenoxy) is 2. The Morgan fingerprint density at radius 2 is 1.72 bits per heavy atom. The van der Waals surface area contributed by atoms with Gasteiger partial charge in [0.2, 0.25) is 0 Å². The van der Waals surface area contributed by atoms with E-state index in [1.807, 2.05) is 32.9 Å². The van der Waals surface area contributed by atoms with Crippen molar-refractivity contribution in [1.29, 1.82) is 0 Å². The Bertz CT molecular complexity index is 815. The van der Waals surface area contributed by atoms with Crippen LogP contribution in [0.2, 0.25) is 0 Å². The summed E-state index contributed by atoms with van der Waals surface area (Å²) in [7, 11) is -3.16. The van der Waals surface area contributed by atoms with Gasteiger partial charge in [-0.15, -0.1) is 0 Å². The number of hydrogen-bond acceptors (Lipinski definition) is 5. The van der Waals surface area contributed by atoms with Crippen LogP contribution in [0, 0.1) is 29.6 Å². The molecule has 32 heavy (non-hydrogen) atoms. The van der Waals surface area contributed by atoms with Gasteiger partial charge < -0.3 is 9.47 Å². The van der Waals surface area contributed by atoms with Gasteiger partial charge in [-0.25, -0.2) is 8.42 Å². The molecule has 5 unspecified atom stereocenters. The van der Waals surface area contributed by atoms with E-state index >= 15 is 0 Å². The van der Waals surface area contributed by atoms with Gasteiger partial charge in [-0.05, 0) is 74.5 Å². The maximum absolute atomic E-state index is 12.2. The topological polar surface area (TPSA) is 69.7 Å². The third-order valence-corrected chi connectivity index (χ3v) is 7.89. The molecule has 182 valence electrons. The lowest BCUT2D eigenvalue weighted by molar-refractivity contribution is -0.153. The molecule has 0 spiro atoms. The average Bonchev–Trinajstić information content (AvgIpc) is 3.48. The summed E-state index contributed by atoms with van der Waals surface area (Å²) in [5.74, 6) is 2.20. The van der Waals surface area contributed by atoms with Crippen molar-refractivity contribution >= 4 is 15.8 Å². The van der Waals surface area contributed by atoms with Gasteiger partial charge in [0.1, 0.15) is 0 Å². The fourth-order valence-electron chi connectivity index (χ4n) is 4.44. The molecule has 1 aromatic rings. The smallest absolute Gasteiger partial charge is 0.309 e. The Morgan fingerprint density at radius 3 is 2.28 bits per heavy atom. The van der Waals surface area contributed by atoms with Crippen molar-refractivity contribution in [2.24, 2.45) is 29.6 Å². The molecule has 0 heterocycles. The SMILES string of the molecule is CCCC(CCC(C)C(C)C(=O)OC(C)C)C1CC1COCc1ccc(S(C)(=O)=O)cc1. The number of carbonyl (C=O) groups excluding carboxylic acids is 1. The van der Waals surface area contributed by atoms with Crippen LogP contribution < -0.4 is 0 Å². The lowest BCUT2D eigenvalue weighted by atomic mass is 9.84. The number of hydrogen-bond donors (Lipinski definition) is 0. The normalized spacial score (nSPS) is 21.2. The lowest BCUT2D eigenvalue weighted by Crippen LogP contribution is -2.24. The molecule has 0 aromatic heterocycles. The van der Waals surface area contributed by atoms with E-state index < -0.39 is 9.84 Å². The first-order valence-corrected chi connectivity index (χ1v) is 14.0. The zero-order valence-corrected chi connectivity index (χ0v) is 21.5. The predicted octanol–water partition coefficient (Wildman–Crippen LogP) is 5.66. The van der Waals surface area contributed by atoms with E-state index in [1.54, 1.807) is 12.1 Å². The maximum atomic E-state index is 12.2. The summed E-state index contributed by atoms with van der Waals surface area (Å²) >= 11 is 0. The Morgan fingerprint density at radius 1 is 1.06 bits per heavy atom. The van der Waals surface area contributed by atoms with Crippen LogP contribution >= 0.6 is 0 Å². The minimum Gasteiger partial charge on any atom is -0.463 e. The van der Waals surface area contributed by atoms with Crippen LogP contribution in [0.15, 0.2) is 29.2 Å². The second-order valence-corrected chi connectivity index (χ2v) is 12.0. The van der Waals surface area contributed by atoms with Gasteiger partial charge in [0.15, 0.2) is 9.84 Å². The molecule has 6 heteroatoms. The molecule has 0 saturated heterocycles. The molecule has 5 atom stereocenters. The Balaban J connectivity index is 1.75. The van der Waals surface area contributed by atoms with Crippen LogP contribution in [-0.4, -0.2) is 33.4 Å². The van der Waals surface area contributed by atoms with Gasteiger partial charge in [0, 0.05) is 6.26 Å². The van der Waals surface area contributed by atoms with E-state index in [0.717, 1.165) is 25.0 Å². The monoisotopic (exact) mass is 466 g/mol. The van der Waals surface area contributed by atoms with E-state index in [4.69, 9.17) is 9.47 Å². The van der Waals surface area contributed by atoms with Crippen LogP contribution in [0.5, 0.6) is 0 Å². The van der Waals surface area contributed by atoms with E-state index in [9.17, 15) is 13.2 Å². The Labute approximate surface area is 195 Å². The van der Waals surface area contributed by atoms with Crippen LogP contribution in [0.4, 0.5) is 0 Å². The van der Waals surface area contributed by atoms with Crippen molar-refractivity contribution in [3.05, 3.63) is 29.8 Å². The predicted molar refractivity (Wildman–Crippen MR) is 128 cm³/mol. The minimum absolute atomic E-state index is 0.0603. The summed E-state index contributed by atoms with van der Waals surface area (Å²) in [5, 5.41) is 0. The molecule has 1 aliphatic carbocycles. The molecule has 0 N–H and O–H groups in total. The highest BCUT2D eigenvalue weighted by Gasteiger charge is 2.42. The number of esters is 1. The molecule has 0 bridgehead atoms. The average molecular weight is 467 g/mol. The molecule has 0 amide bonds. The van der Waals surface area contributed by atoms with Crippen molar-refractivity contribution in [2.75, 3.05) is 12.9 Å². The third-order valence-electron chi connectivity index (χ3n) is 6.76. The van der Waals surface area contributed by atoms with Crippen LogP contribution in [0.25, 0.3) is 0 Å². The number of benzene rings is 1. The summed E-state index contributed by atoms with van der Waals surface area (Å²) in [6.45, 7) is 11.5.